The molecule has 0 aliphatic heterocycles. The maximum Gasteiger partial charge on any atom is 0.421 e. The molecule has 0 fully saturated rings. The number of furan rings is 1. The number of fused-ring (bicyclic) bond motifs is 2. The largest absolute Gasteiger partial charge is 0.459 e. The zero-order valence-corrected chi connectivity index (χ0v) is 13.2. The monoisotopic (exact) mass is 323 g/mol. The van der Waals surface area contributed by atoms with E-state index in [0.29, 0.717) is 24.3 Å². The van der Waals surface area contributed by atoms with Crippen molar-refractivity contribution >= 4 is 22.2 Å². The summed E-state index contributed by atoms with van der Waals surface area (Å²) < 4.78 is 12.6. The molecule has 0 bridgehead atoms. The van der Waals surface area contributed by atoms with Crippen molar-refractivity contribution in [2.75, 3.05) is 6.54 Å². The lowest BCUT2D eigenvalue weighted by molar-refractivity contribution is 0.432. The predicted molar refractivity (Wildman–Crippen MR) is 90.9 cm³/mol. The Balaban J connectivity index is 1.46. The van der Waals surface area contributed by atoms with Gasteiger partial charge >= 0.3 is 5.76 Å². The van der Waals surface area contributed by atoms with Gasteiger partial charge in [-0.05, 0) is 31.2 Å². The predicted octanol–water partition coefficient (Wildman–Crippen LogP) is 3.09. The third-order valence-corrected chi connectivity index (χ3v) is 4.08. The van der Waals surface area contributed by atoms with Crippen LogP contribution in [0.4, 0.5) is 0 Å². The van der Waals surface area contributed by atoms with Crippen LogP contribution in [0, 0.1) is 0 Å². The van der Waals surface area contributed by atoms with E-state index >= 15 is 0 Å². The molecule has 0 spiro atoms. The van der Waals surface area contributed by atoms with Crippen molar-refractivity contribution in [3.63, 3.8) is 0 Å². The fourth-order valence-electron chi connectivity index (χ4n) is 2.81. The van der Waals surface area contributed by atoms with Crippen LogP contribution in [0.3, 0.4) is 0 Å². The van der Waals surface area contributed by atoms with Crippen LogP contribution in [0.25, 0.3) is 22.2 Å². The number of hydrogen-bond acceptors (Lipinski definition) is 5. The average Bonchev–Trinajstić information content (AvgIpc) is 3.16. The third-order valence-electron chi connectivity index (χ3n) is 4.08. The lowest BCUT2D eigenvalue weighted by atomic mass is 10.2. The number of aromatic nitrogens is 2. The summed E-state index contributed by atoms with van der Waals surface area (Å²) in [5, 5.41) is 4.45. The lowest BCUT2D eigenvalue weighted by Gasteiger charge is -2.11. The molecular weight excluding hydrogens is 306 g/mol. The number of benzene rings is 1. The molecule has 24 heavy (non-hydrogen) atoms. The molecule has 4 rings (SSSR count). The number of para-hydroxylation sites is 1. The summed E-state index contributed by atoms with van der Waals surface area (Å²) in [5.41, 5.74) is 1.95. The number of nitrogens with one attached hydrogen (secondary N) is 1. The van der Waals surface area contributed by atoms with Gasteiger partial charge in [-0.15, -0.1) is 0 Å². The standard InChI is InChI=1S/C18H17N3O3/c1-12(16-11-13-5-2-3-6-14(13)23-16)19-9-10-21-17-15(24-18(21)22)7-4-8-20-17/h2-8,11-12,19H,9-10H2,1H3/t12-/m1/s1. The van der Waals surface area contributed by atoms with Gasteiger partial charge in [0.15, 0.2) is 11.2 Å². The molecule has 6 nitrogen and oxygen atoms in total. The first-order valence-electron chi connectivity index (χ1n) is 7.88. The molecule has 3 heterocycles. The van der Waals surface area contributed by atoms with Gasteiger partial charge in [-0.25, -0.2) is 9.78 Å². The van der Waals surface area contributed by atoms with Gasteiger partial charge in [0.05, 0.1) is 6.04 Å². The summed E-state index contributed by atoms with van der Waals surface area (Å²) in [6.07, 6.45) is 1.65. The summed E-state index contributed by atoms with van der Waals surface area (Å²) in [4.78, 5) is 16.1. The summed E-state index contributed by atoms with van der Waals surface area (Å²) >= 11 is 0. The SMILES string of the molecule is C[C@@H](NCCn1c(=O)oc2cccnc21)c1cc2ccccc2o1. The third kappa shape index (κ3) is 2.61. The van der Waals surface area contributed by atoms with Crippen LogP contribution in [0.1, 0.15) is 18.7 Å². The van der Waals surface area contributed by atoms with Crippen molar-refractivity contribution in [2.24, 2.45) is 0 Å². The molecule has 0 saturated heterocycles. The minimum Gasteiger partial charge on any atom is -0.459 e. The quantitative estimate of drug-likeness (QED) is 0.611. The van der Waals surface area contributed by atoms with Crippen LogP contribution in [0.2, 0.25) is 0 Å². The first kappa shape index (κ1) is 14.7. The molecule has 1 N–H and O–H groups in total. The molecule has 1 atom stereocenters. The van der Waals surface area contributed by atoms with Crippen LogP contribution in [-0.2, 0) is 6.54 Å². The minimum absolute atomic E-state index is 0.0410. The first-order valence-corrected chi connectivity index (χ1v) is 7.88. The van der Waals surface area contributed by atoms with E-state index in [1.165, 1.54) is 4.57 Å². The number of oxazole rings is 1. The summed E-state index contributed by atoms with van der Waals surface area (Å²) in [7, 11) is 0. The molecule has 0 saturated carbocycles. The summed E-state index contributed by atoms with van der Waals surface area (Å²) in [6.45, 7) is 3.11. The normalized spacial score (nSPS) is 12.9. The highest BCUT2D eigenvalue weighted by Gasteiger charge is 2.13. The second-order valence-electron chi connectivity index (χ2n) is 5.71. The Morgan fingerprint density at radius 3 is 2.88 bits per heavy atom. The molecule has 0 unspecified atom stereocenters. The number of nitrogens with zero attached hydrogens (tertiary/aromatic N) is 2. The maximum absolute atomic E-state index is 11.9. The van der Waals surface area contributed by atoms with E-state index in [0.717, 1.165) is 16.7 Å². The minimum atomic E-state index is -0.387. The van der Waals surface area contributed by atoms with E-state index in [4.69, 9.17) is 8.83 Å². The average molecular weight is 323 g/mol. The van der Waals surface area contributed by atoms with Crippen molar-refractivity contribution in [1.82, 2.24) is 14.9 Å². The van der Waals surface area contributed by atoms with Crippen molar-refractivity contribution < 1.29 is 8.83 Å². The van der Waals surface area contributed by atoms with Gasteiger partial charge in [-0.2, -0.15) is 0 Å². The van der Waals surface area contributed by atoms with Crippen LogP contribution >= 0.6 is 0 Å². The second kappa shape index (κ2) is 5.98. The zero-order valence-electron chi connectivity index (χ0n) is 13.2. The van der Waals surface area contributed by atoms with Crippen molar-refractivity contribution in [3.05, 3.63) is 65.0 Å². The first-order chi connectivity index (χ1) is 11.7. The van der Waals surface area contributed by atoms with Gasteiger partial charge in [0.1, 0.15) is 11.3 Å². The van der Waals surface area contributed by atoms with Gasteiger partial charge in [0.25, 0.3) is 0 Å². The molecule has 3 aromatic heterocycles. The fraction of sp³-hybridized carbons (Fsp3) is 0.222. The van der Waals surface area contributed by atoms with Crippen molar-refractivity contribution in [3.8, 4) is 0 Å². The maximum atomic E-state index is 11.9. The molecular formula is C18H17N3O3. The molecule has 0 radical (unpaired) electrons. The Morgan fingerprint density at radius 1 is 1.17 bits per heavy atom. The molecule has 122 valence electrons. The van der Waals surface area contributed by atoms with Crippen LogP contribution in [-0.4, -0.2) is 16.1 Å². The van der Waals surface area contributed by atoms with E-state index < -0.39 is 0 Å². The zero-order chi connectivity index (χ0) is 16.5. The summed E-state index contributed by atoms with van der Waals surface area (Å²) in [5.74, 6) is 0.487. The Hall–Kier alpha value is -2.86. The molecule has 4 aromatic rings. The van der Waals surface area contributed by atoms with Gasteiger partial charge in [-0.3, -0.25) is 4.57 Å². The van der Waals surface area contributed by atoms with Crippen LogP contribution in [0.5, 0.6) is 0 Å². The van der Waals surface area contributed by atoms with Crippen molar-refractivity contribution in [1.29, 1.82) is 0 Å². The van der Waals surface area contributed by atoms with E-state index in [1.54, 1.807) is 18.3 Å². The molecule has 0 amide bonds. The molecule has 1 aromatic carbocycles. The highest BCUT2D eigenvalue weighted by Crippen LogP contribution is 2.23. The van der Waals surface area contributed by atoms with Gasteiger partial charge in [0.2, 0.25) is 0 Å². The Labute approximate surface area is 137 Å². The number of hydrogen-bond donors (Lipinski definition) is 1. The van der Waals surface area contributed by atoms with Gasteiger partial charge in [0, 0.05) is 24.7 Å². The fourth-order valence-corrected chi connectivity index (χ4v) is 2.81. The molecule has 0 aliphatic carbocycles. The highest BCUT2D eigenvalue weighted by molar-refractivity contribution is 5.77. The number of rotatable bonds is 5. The van der Waals surface area contributed by atoms with Crippen molar-refractivity contribution in [2.45, 2.75) is 19.5 Å². The van der Waals surface area contributed by atoms with Gasteiger partial charge in [-0.1, -0.05) is 18.2 Å². The van der Waals surface area contributed by atoms with E-state index in [2.05, 4.69) is 10.3 Å². The molecule has 0 aliphatic rings. The van der Waals surface area contributed by atoms with Gasteiger partial charge < -0.3 is 14.2 Å². The van der Waals surface area contributed by atoms with Crippen LogP contribution < -0.4 is 11.1 Å². The van der Waals surface area contributed by atoms with E-state index in [1.807, 2.05) is 37.3 Å². The van der Waals surface area contributed by atoms with E-state index in [-0.39, 0.29) is 11.8 Å². The Kier molecular flexibility index (Phi) is 3.66. The Morgan fingerprint density at radius 2 is 2.00 bits per heavy atom. The smallest absolute Gasteiger partial charge is 0.421 e. The second-order valence-corrected chi connectivity index (χ2v) is 5.71. The summed E-state index contributed by atoms with van der Waals surface area (Å²) in [6, 6.07) is 13.5. The van der Waals surface area contributed by atoms with Crippen LogP contribution in [0.15, 0.2) is 62.3 Å². The molecule has 6 heteroatoms. The van der Waals surface area contributed by atoms with E-state index in [9.17, 15) is 4.79 Å². The highest BCUT2D eigenvalue weighted by atomic mass is 16.4. The lowest BCUT2D eigenvalue weighted by Crippen LogP contribution is -2.26. The number of pyridine rings is 1. The Bertz CT molecular complexity index is 1010. The topological polar surface area (TPSA) is 73.2 Å².